The quantitative estimate of drug-likeness (QED) is 0.823. The normalized spacial score (nSPS) is 16.5. The third-order valence-electron chi connectivity index (χ3n) is 3.77. The Hall–Kier alpha value is -1.03. The van der Waals surface area contributed by atoms with Crippen molar-refractivity contribution in [1.82, 2.24) is 5.32 Å². The topological polar surface area (TPSA) is 38.0 Å². The van der Waals surface area contributed by atoms with E-state index in [9.17, 15) is 0 Å². The molecule has 1 aromatic carbocycles. The summed E-state index contributed by atoms with van der Waals surface area (Å²) in [5.41, 5.74) is 8.31. The van der Waals surface area contributed by atoms with Gasteiger partial charge in [-0.3, -0.25) is 0 Å². The Kier molecular flexibility index (Phi) is 3.52. The number of nitrogen functional groups attached to an aromatic ring is 1. The lowest BCUT2D eigenvalue weighted by Crippen LogP contribution is -2.26. The van der Waals surface area contributed by atoms with Crippen LogP contribution in [0.25, 0.3) is 0 Å². The zero-order valence-electron chi connectivity index (χ0n) is 10.7. The number of nitrogens with one attached hydrogen (secondary N) is 1. The van der Waals surface area contributed by atoms with E-state index in [1.807, 2.05) is 18.2 Å². The minimum atomic E-state index is 0.328. The largest absolute Gasteiger partial charge is 0.399 e. The number of halogens is 1. The maximum Gasteiger partial charge on any atom is 0.0931 e. The highest BCUT2D eigenvalue weighted by Crippen LogP contribution is 2.47. The van der Waals surface area contributed by atoms with Crippen LogP contribution in [0, 0.1) is 0 Å². The summed E-state index contributed by atoms with van der Waals surface area (Å²) in [6.07, 6.45) is 2.52. The molecule has 0 saturated heterocycles. The smallest absolute Gasteiger partial charge is 0.0931 e. The van der Waals surface area contributed by atoms with Crippen molar-refractivity contribution in [3.8, 4) is 0 Å². The van der Waals surface area contributed by atoms with Crippen molar-refractivity contribution in [1.29, 1.82) is 0 Å². The second-order valence-corrected chi connectivity index (χ2v) is 7.01. The SMILES string of the molecule is Nc1ccc(C2(CNCc3ccc(Cl)s3)CC2)cc1. The van der Waals surface area contributed by atoms with Crippen LogP contribution in [0.4, 0.5) is 5.69 Å². The molecule has 0 radical (unpaired) electrons. The number of rotatable bonds is 5. The zero-order valence-corrected chi connectivity index (χ0v) is 12.2. The minimum absolute atomic E-state index is 0.328. The van der Waals surface area contributed by atoms with Gasteiger partial charge in [0.2, 0.25) is 0 Å². The van der Waals surface area contributed by atoms with Crippen molar-refractivity contribution in [2.75, 3.05) is 12.3 Å². The molecule has 2 nitrogen and oxygen atoms in total. The van der Waals surface area contributed by atoms with E-state index in [1.54, 1.807) is 11.3 Å². The van der Waals surface area contributed by atoms with Crippen LogP contribution in [-0.4, -0.2) is 6.54 Å². The molecule has 1 saturated carbocycles. The van der Waals surface area contributed by atoms with Gasteiger partial charge in [0.15, 0.2) is 0 Å². The Morgan fingerprint density at radius 3 is 2.47 bits per heavy atom. The summed E-state index contributed by atoms with van der Waals surface area (Å²) in [7, 11) is 0. The Morgan fingerprint density at radius 2 is 1.89 bits per heavy atom. The molecule has 1 aliphatic carbocycles. The lowest BCUT2D eigenvalue weighted by atomic mass is 9.96. The predicted octanol–water partition coefficient (Wildman–Crippen LogP) is 3.81. The first kappa shape index (κ1) is 13.0. The molecular formula is C15H17ClN2S. The van der Waals surface area contributed by atoms with Crippen LogP contribution in [-0.2, 0) is 12.0 Å². The first-order chi connectivity index (χ1) is 9.18. The third-order valence-corrected chi connectivity index (χ3v) is 5.00. The van der Waals surface area contributed by atoms with Crippen LogP contribution in [0.3, 0.4) is 0 Å². The molecule has 0 amide bonds. The fourth-order valence-electron chi connectivity index (χ4n) is 2.43. The maximum atomic E-state index is 5.93. The average Bonchev–Trinajstić information content (AvgIpc) is 3.07. The van der Waals surface area contributed by atoms with E-state index >= 15 is 0 Å². The zero-order chi connectivity index (χ0) is 13.3. The molecule has 0 atom stereocenters. The van der Waals surface area contributed by atoms with Crippen LogP contribution in [0.2, 0.25) is 4.34 Å². The molecule has 0 spiro atoms. The van der Waals surface area contributed by atoms with Crippen molar-refractivity contribution in [2.24, 2.45) is 0 Å². The molecule has 100 valence electrons. The van der Waals surface area contributed by atoms with Crippen molar-refractivity contribution in [3.63, 3.8) is 0 Å². The fraction of sp³-hybridized carbons (Fsp3) is 0.333. The molecule has 4 heteroatoms. The summed E-state index contributed by atoms with van der Waals surface area (Å²) in [4.78, 5) is 1.29. The van der Waals surface area contributed by atoms with Gasteiger partial charge in [-0.15, -0.1) is 11.3 Å². The minimum Gasteiger partial charge on any atom is -0.399 e. The number of anilines is 1. The van der Waals surface area contributed by atoms with Gasteiger partial charge in [-0.05, 0) is 42.7 Å². The third kappa shape index (κ3) is 2.94. The van der Waals surface area contributed by atoms with Gasteiger partial charge in [0.05, 0.1) is 4.34 Å². The van der Waals surface area contributed by atoms with E-state index in [1.165, 1.54) is 23.3 Å². The summed E-state index contributed by atoms with van der Waals surface area (Å²) >= 11 is 7.57. The number of nitrogens with two attached hydrogens (primary N) is 1. The average molecular weight is 293 g/mol. The van der Waals surface area contributed by atoms with Gasteiger partial charge in [-0.2, -0.15) is 0 Å². The Bertz CT molecular complexity index is 558. The highest BCUT2D eigenvalue weighted by Gasteiger charge is 2.43. The Morgan fingerprint density at radius 1 is 1.16 bits per heavy atom. The highest BCUT2D eigenvalue weighted by molar-refractivity contribution is 7.16. The van der Waals surface area contributed by atoms with Gasteiger partial charge in [-0.1, -0.05) is 23.7 Å². The summed E-state index contributed by atoms with van der Waals surface area (Å²) in [5.74, 6) is 0. The van der Waals surface area contributed by atoms with Crippen molar-refractivity contribution in [2.45, 2.75) is 24.8 Å². The molecular weight excluding hydrogens is 276 g/mol. The van der Waals surface area contributed by atoms with Gasteiger partial charge in [0, 0.05) is 29.1 Å². The van der Waals surface area contributed by atoms with Crippen molar-refractivity contribution < 1.29 is 0 Å². The predicted molar refractivity (Wildman–Crippen MR) is 82.8 cm³/mol. The molecule has 1 heterocycles. The van der Waals surface area contributed by atoms with E-state index < -0.39 is 0 Å². The molecule has 1 aliphatic rings. The molecule has 2 aromatic rings. The molecule has 1 aromatic heterocycles. The number of benzene rings is 1. The van der Waals surface area contributed by atoms with Crippen molar-refractivity contribution in [3.05, 3.63) is 51.2 Å². The maximum absolute atomic E-state index is 5.93. The molecule has 3 N–H and O–H groups in total. The monoisotopic (exact) mass is 292 g/mol. The van der Waals surface area contributed by atoms with Crippen LogP contribution >= 0.6 is 22.9 Å². The second kappa shape index (κ2) is 5.16. The number of hydrogen-bond donors (Lipinski definition) is 2. The molecule has 0 bridgehead atoms. The van der Waals surface area contributed by atoms with Gasteiger partial charge < -0.3 is 11.1 Å². The van der Waals surface area contributed by atoms with E-state index in [2.05, 4.69) is 23.5 Å². The van der Waals surface area contributed by atoms with Gasteiger partial charge in [-0.25, -0.2) is 0 Å². The van der Waals surface area contributed by atoms with Crippen molar-refractivity contribution >= 4 is 28.6 Å². The van der Waals surface area contributed by atoms with E-state index in [0.29, 0.717) is 5.41 Å². The molecule has 0 unspecified atom stereocenters. The lowest BCUT2D eigenvalue weighted by molar-refractivity contribution is 0.577. The summed E-state index contributed by atoms with van der Waals surface area (Å²) in [6.45, 7) is 1.92. The van der Waals surface area contributed by atoms with Crippen LogP contribution in [0.1, 0.15) is 23.3 Å². The first-order valence-corrected chi connectivity index (χ1v) is 7.68. The molecule has 3 rings (SSSR count). The molecule has 19 heavy (non-hydrogen) atoms. The first-order valence-electron chi connectivity index (χ1n) is 6.49. The Labute approximate surface area is 122 Å². The summed E-state index contributed by atoms with van der Waals surface area (Å²) in [6, 6.07) is 12.3. The van der Waals surface area contributed by atoms with Crippen LogP contribution in [0.15, 0.2) is 36.4 Å². The van der Waals surface area contributed by atoms with Gasteiger partial charge >= 0.3 is 0 Å². The molecule has 0 aliphatic heterocycles. The standard InChI is InChI=1S/C15H17ClN2S/c16-14-6-5-13(19-14)9-18-10-15(7-8-15)11-1-3-12(17)4-2-11/h1-6,18H,7-10,17H2. The lowest BCUT2D eigenvalue weighted by Gasteiger charge is -2.16. The fourth-order valence-corrected chi connectivity index (χ4v) is 3.48. The Balaban J connectivity index is 1.59. The summed E-state index contributed by atoms with van der Waals surface area (Å²) < 4.78 is 0.858. The second-order valence-electron chi connectivity index (χ2n) is 5.21. The summed E-state index contributed by atoms with van der Waals surface area (Å²) in [5, 5.41) is 3.55. The number of hydrogen-bond acceptors (Lipinski definition) is 3. The van der Waals surface area contributed by atoms with E-state index in [0.717, 1.165) is 23.1 Å². The van der Waals surface area contributed by atoms with Gasteiger partial charge in [0.25, 0.3) is 0 Å². The van der Waals surface area contributed by atoms with Crippen LogP contribution < -0.4 is 11.1 Å². The van der Waals surface area contributed by atoms with E-state index in [4.69, 9.17) is 17.3 Å². The van der Waals surface area contributed by atoms with Gasteiger partial charge in [0.1, 0.15) is 0 Å². The molecule has 1 fully saturated rings. The van der Waals surface area contributed by atoms with E-state index in [-0.39, 0.29) is 0 Å². The van der Waals surface area contributed by atoms with Crippen LogP contribution in [0.5, 0.6) is 0 Å². The highest BCUT2D eigenvalue weighted by atomic mass is 35.5. The number of thiophene rings is 1.